The van der Waals surface area contributed by atoms with E-state index in [0.717, 1.165) is 16.9 Å². The molecule has 4 heteroatoms. The summed E-state index contributed by atoms with van der Waals surface area (Å²) >= 11 is 0. The molecule has 2 aromatic rings. The topological polar surface area (TPSA) is 61.3 Å². The van der Waals surface area contributed by atoms with Gasteiger partial charge in [0.15, 0.2) is 0 Å². The third-order valence-electron chi connectivity index (χ3n) is 2.16. The maximum atomic E-state index is 5.47. The Morgan fingerprint density at radius 1 is 1.33 bits per heavy atom. The molecule has 15 heavy (non-hydrogen) atoms. The molecule has 0 spiro atoms. The second kappa shape index (κ2) is 3.65. The van der Waals surface area contributed by atoms with Crippen molar-refractivity contribution in [2.75, 3.05) is 12.8 Å². The zero-order valence-corrected chi connectivity index (χ0v) is 8.65. The van der Waals surface area contributed by atoms with Gasteiger partial charge >= 0.3 is 0 Å². The monoisotopic (exact) mass is 204 g/mol. The van der Waals surface area contributed by atoms with Gasteiger partial charge in [0.2, 0.25) is 5.88 Å². The van der Waals surface area contributed by atoms with Crippen LogP contribution in [-0.2, 0) is 0 Å². The maximum absolute atomic E-state index is 5.47. The largest absolute Gasteiger partial charge is 0.496 e. The fourth-order valence-electron chi connectivity index (χ4n) is 1.43. The number of nitrogen functional groups attached to an aromatic ring is 1. The number of ether oxygens (including phenoxy) is 1. The minimum absolute atomic E-state index is 0.299. The van der Waals surface area contributed by atoms with E-state index in [1.54, 1.807) is 13.2 Å². The van der Waals surface area contributed by atoms with E-state index in [0.29, 0.717) is 11.6 Å². The van der Waals surface area contributed by atoms with Crippen LogP contribution in [0.4, 0.5) is 5.88 Å². The maximum Gasteiger partial charge on any atom is 0.222 e. The fourth-order valence-corrected chi connectivity index (χ4v) is 1.43. The van der Waals surface area contributed by atoms with Crippen molar-refractivity contribution in [2.24, 2.45) is 0 Å². The first-order chi connectivity index (χ1) is 7.20. The van der Waals surface area contributed by atoms with Crippen LogP contribution in [0.1, 0.15) is 5.56 Å². The van der Waals surface area contributed by atoms with Crippen molar-refractivity contribution in [1.82, 2.24) is 5.16 Å². The van der Waals surface area contributed by atoms with E-state index in [9.17, 15) is 0 Å². The molecule has 0 amide bonds. The third-order valence-corrected chi connectivity index (χ3v) is 2.16. The zero-order chi connectivity index (χ0) is 10.8. The van der Waals surface area contributed by atoms with Gasteiger partial charge in [-0.15, -0.1) is 0 Å². The average Bonchev–Trinajstić information content (AvgIpc) is 2.64. The highest BCUT2D eigenvalue weighted by Crippen LogP contribution is 2.30. The molecule has 0 aliphatic heterocycles. The van der Waals surface area contributed by atoms with Crippen LogP contribution < -0.4 is 10.5 Å². The van der Waals surface area contributed by atoms with Gasteiger partial charge in [-0.25, -0.2) is 0 Å². The SMILES string of the molecule is COc1cc(C)ccc1-c1cc(N)on1. The molecule has 1 heterocycles. The molecule has 0 unspecified atom stereocenters. The van der Waals surface area contributed by atoms with Gasteiger partial charge in [-0.1, -0.05) is 11.2 Å². The van der Waals surface area contributed by atoms with Gasteiger partial charge in [0.05, 0.1) is 7.11 Å². The summed E-state index contributed by atoms with van der Waals surface area (Å²) in [5.41, 5.74) is 8.16. The van der Waals surface area contributed by atoms with Gasteiger partial charge in [0.25, 0.3) is 0 Å². The van der Waals surface area contributed by atoms with Crippen molar-refractivity contribution in [2.45, 2.75) is 6.92 Å². The van der Waals surface area contributed by atoms with Crippen molar-refractivity contribution in [3.8, 4) is 17.0 Å². The number of anilines is 1. The fraction of sp³-hybridized carbons (Fsp3) is 0.182. The van der Waals surface area contributed by atoms with Crippen LogP contribution >= 0.6 is 0 Å². The summed E-state index contributed by atoms with van der Waals surface area (Å²) in [6.45, 7) is 2.00. The number of nitrogens with two attached hydrogens (primary N) is 1. The third kappa shape index (κ3) is 1.79. The van der Waals surface area contributed by atoms with E-state index < -0.39 is 0 Å². The van der Waals surface area contributed by atoms with Crippen molar-refractivity contribution in [3.63, 3.8) is 0 Å². The van der Waals surface area contributed by atoms with Crippen LogP contribution in [0.15, 0.2) is 28.8 Å². The smallest absolute Gasteiger partial charge is 0.222 e. The molecule has 1 aromatic carbocycles. The molecule has 0 fully saturated rings. The molecule has 4 nitrogen and oxygen atoms in total. The number of aryl methyl sites for hydroxylation is 1. The molecular formula is C11H12N2O2. The first-order valence-electron chi connectivity index (χ1n) is 4.58. The summed E-state index contributed by atoms with van der Waals surface area (Å²) in [4.78, 5) is 0. The second-order valence-electron chi connectivity index (χ2n) is 3.32. The lowest BCUT2D eigenvalue weighted by Gasteiger charge is -2.06. The molecule has 0 radical (unpaired) electrons. The quantitative estimate of drug-likeness (QED) is 0.814. The highest BCUT2D eigenvalue weighted by molar-refractivity contribution is 5.68. The molecule has 0 aliphatic rings. The number of benzene rings is 1. The Morgan fingerprint density at radius 2 is 2.13 bits per heavy atom. The molecular weight excluding hydrogens is 192 g/mol. The van der Waals surface area contributed by atoms with E-state index in [2.05, 4.69) is 5.16 Å². The molecule has 78 valence electrons. The van der Waals surface area contributed by atoms with Crippen LogP contribution in [0, 0.1) is 6.92 Å². The first kappa shape index (κ1) is 9.58. The summed E-state index contributed by atoms with van der Waals surface area (Å²) in [6, 6.07) is 7.54. The van der Waals surface area contributed by atoms with Crippen molar-refractivity contribution >= 4 is 5.88 Å². The normalized spacial score (nSPS) is 10.3. The summed E-state index contributed by atoms with van der Waals surface area (Å²) < 4.78 is 10.1. The predicted molar refractivity (Wildman–Crippen MR) is 57.6 cm³/mol. The van der Waals surface area contributed by atoms with Crippen molar-refractivity contribution < 1.29 is 9.26 Å². The minimum atomic E-state index is 0.299. The molecule has 0 saturated carbocycles. The Balaban J connectivity index is 2.52. The van der Waals surface area contributed by atoms with Crippen LogP contribution in [0.25, 0.3) is 11.3 Å². The lowest BCUT2D eigenvalue weighted by Crippen LogP contribution is -1.88. The number of hydrogen-bond donors (Lipinski definition) is 1. The average molecular weight is 204 g/mol. The van der Waals surface area contributed by atoms with Gasteiger partial charge in [0.1, 0.15) is 11.4 Å². The van der Waals surface area contributed by atoms with Gasteiger partial charge in [0, 0.05) is 11.6 Å². The molecule has 0 saturated heterocycles. The van der Waals surface area contributed by atoms with E-state index in [-0.39, 0.29) is 0 Å². The van der Waals surface area contributed by atoms with Crippen LogP contribution in [0.2, 0.25) is 0 Å². The molecule has 0 bridgehead atoms. The zero-order valence-electron chi connectivity index (χ0n) is 8.65. The number of aromatic nitrogens is 1. The van der Waals surface area contributed by atoms with Gasteiger partial charge in [-0.3, -0.25) is 0 Å². The van der Waals surface area contributed by atoms with Crippen molar-refractivity contribution in [1.29, 1.82) is 0 Å². The van der Waals surface area contributed by atoms with Gasteiger partial charge in [-0.05, 0) is 24.6 Å². The summed E-state index contributed by atoms with van der Waals surface area (Å²) in [7, 11) is 1.63. The lowest BCUT2D eigenvalue weighted by molar-refractivity contribution is 0.413. The van der Waals surface area contributed by atoms with E-state index in [1.165, 1.54) is 0 Å². The second-order valence-corrected chi connectivity index (χ2v) is 3.32. The minimum Gasteiger partial charge on any atom is -0.496 e. The Hall–Kier alpha value is -1.97. The Morgan fingerprint density at radius 3 is 2.73 bits per heavy atom. The molecule has 0 aliphatic carbocycles. The number of methoxy groups -OCH3 is 1. The Labute approximate surface area is 87.6 Å². The summed E-state index contributed by atoms with van der Waals surface area (Å²) in [5.74, 6) is 1.07. The lowest BCUT2D eigenvalue weighted by atomic mass is 10.1. The first-order valence-corrected chi connectivity index (χ1v) is 4.58. The van der Waals surface area contributed by atoms with E-state index in [4.69, 9.17) is 15.0 Å². The van der Waals surface area contributed by atoms with Crippen LogP contribution in [0.5, 0.6) is 5.75 Å². The standard InChI is InChI=1S/C11H12N2O2/c1-7-3-4-8(10(5-7)14-2)9-6-11(12)15-13-9/h3-6H,12H2,1-2H3. The summed E-state index contributed by atoms with van der Waals surface area (Å²) in [5, 5.41) is 3.84. The van der Waals surface area contributed by atoms with E-state index >= 15 is 0 Å². The Bertz CT molecular complexity index is 477. The van der Waals surface area contributed by atoms with Gasteiger partial charge in [-0.2, -0.15) is 0 Å². The number of nitrogens with zero attached hydrogens (tertiary/aromatic N) is 1. The molecule has 1 aromatic heterocycles. The predicted octanol–water partition coefficient (Wildman–Crippen LogP) is 2.24. The molecule has 2 rings (SSSR count). The number of rotatable bonds is 2. The highest BCUT2D eigenvalue weighted by atomic mass is 16.5. The summed E-state index contributed by atoms with van der Waals surface area (Å²) in [6.07, 6.45) is 0. The van der Waals surface area contributed by atoms with Crippen LogP contribution in [-0.4, -0.2) is 12.3 Å². The highest BCUT2D eigenvalue weighted by Gasteiger charge is 2.09. The Kier molecular flexibility index (Phi) is 2.33. The number of hydrogen-bond acceptors (Lipinski definition) is 4. The van der Waals surface area contributed by atoms with Crippen LogP contribution in [0.3, 0.4) is 0 Å². The molecule has 2 N–H and O–H groups in total. The van der Waals surface area contributed by atoms with Gasteiger partial charge < -0.3 is 15.0 Å². The molecule has 0 atom stereocenters. The van der Waals surface area contributed by atoms with Crippen molar-refractivity contribution in [3.05, 3.63) is 29.8 Å². The van der Waals surface area contributed by atoms with E-state index in [1.807, 2.05) is 25.1 Å².